The Hall–Kier alpha value is -4.06. The van der Waals surface area contributed by atoms with Crippen LogP contribution in [-0.2, 0) is 20.9 Å². The van der Waals surface area contributed by atoms with E-state index in [-0.39, 0.29) is 36.8 Å². The maximum absolute atomic E-state index is 12.4. The summed E-state index contributed by atoms with van der Waals surface area (Å²) >= 11 is 0. The average molecular weight is 406 g/mol. The number of fused-ring (bicyclic) bond motifs is 1. The molecule has 3 aromatic rings. The van der Waals surface area contributed by atoms with Gasteiger partial charge in [0.2, 0.25) is 5.91 Å². The second-order valence-corrected chi connectivity index (χ2v) is 6.90. The van der Waals surface area contributed by atoms with E-state index in [0.717, 1.165) is 0 Å². The lowest BCUT2D eigenvalue weighted by molar-refractivity contribution is -0.148. The number of allylic oxidation sites excluding steroid dienone is 1. The monoisotopic (exact) mass is 406 g/mol. The highest BCUT2D eigenvalue weighted by Crippen LogP contribution is 2.23. The topological polar surface area (TPSA) is 132 Å². The van der Waals surface area contributed by atoms with Crippen LogP contribution in [-0.4, -0.2) is 45.0 Å². The van der Waals surface area contributed by atoms with Crippen LogP contribution < -0.4 is 0 Å². The van der Waals surface area contributed by atoms with E-state index in [1.165, 1.54) is 11.2 Å². The summed E-state index contributed by atoms with van der Waals surface area (Å²) < 4.78 is 10.4. The number of aromatic nitrogens is 2. The van der Waals surface area contributed by atoms with Crippen molar-refractivity contribution in [3.05, 3.63) is 60.0 Å². The van der Waals surface area contributed by atoms with E-state index in [1.54, 1.807) is 24.3 Å². The van der Waals surface area contributed by atoms with E-state index < -0.39 is 24.3 Å². The van der Waals surface area contributed by atoms with Gasteiger partial charge in [0.1, 0.15) is 24.0 Å². The minimum atomic E-state index is -0.642. The molecule has 1 aromatic carbocycles. The molecule has 0 radical (unpaired) electrons. The molecule has 1 saturated heterocycles. The van der Waals surface area contributed by atoms with Crippen LogP contribution in [0.3, 0.4) is 0 Å². The number of hydrogen-bond donors (Lipinski definition) is 2. The number of amides is 1. The first kappa shape index (κ1) is 19.3. The average Bonchev–Trinajstić information content (AvgIpc) is 3.47. The van der Waals surface area contributed by atoms with E-state index in [0.29, 0.717) is 16.8 Å². The van der Waals surface area contributed by atoms with Crippen molar-refractivity contribution in [3.8, 4) is 6.07 Å². The molecule has 9 heteroatoms. The third-order valence-electron chi connectivity index (χ3n) is 4.85. The van der Waals surface area contributed by atoms with E-state index >= 15 is 0 Å². The molecule has 4 rings (SSSR count). The number of imidazole rings is 1. The highest BCUT2D eigenvalue weighted by Gasteiger charge is 2.35. The van der Waals surface area contributed by atoms with Crippen LogP contribution in [0.2, 0.25) is 0 Å². The second kappa shape index (κ2) is 8.13. The zero-order valence-electron chi connectivity index (χ0n) is 15.9. The van der Waals surface area contributed by atoms with Gasteiger partial charge in [-0.1, -0.05) is 12.1 Å². The number of furan rings is 1. The third kappa shape index (κ3) is 3.89. The molecule has 1 amide bonds. The van der Waals surface area contributed by atoms with Crippen LogP contribution in [0.5, 0.6) is 0 Å². The Bertz CT molecular complexity index is 1120. The van der Waals surface area contributed by atoms with Crippen molar-refractivity contribution in [2.24, 2.45) is 5.92 Å². The number of ether oxygens (including phenoxy) is 1. The summed E-state index contributed by atoms with van der Waals surface area (Å²) in [6.07, 6.45) is 1.55. The number of nitrogens with zero attached hydrogens (tertiary/aromatic N) is 3. The number of para-hydroxylation sites is 2. The summed E-state index contributed by atoms with van der Waals surface area (Å²) in [6, 6.07) is 12.6. The van der Waals surface area contributed by atoms with Crippen LogP contribution in [0, 0.1) is 17.2 Å². The van der Waals surface area contributed by atoms with E-state index in [1.807, 2.05) is 18.2 Å². The highest BCUT2D eigenvalue weighted by atomic mass is 16.5. The predicted molar refractivity (Wildman–Crippen MR) is 104 cm³/mol. The number of nitriles is 1. The molecule has 9 nitrogen and oxygen atoms in total. The van der Waals surface area contributed by atoms with Crippen LogP contribution in [0.4, 0.5) is 0 Å². The highest BCUT2D eigenvalue weighted by molar-refractivity contribution is 5.87. The van der Waals surface area contributed by atoms with Crippen molar-refractivity contribution in [2.45, 2.75) is 13.0 Å². The van der Waals surface area contributed by atoms with Crippen molar-refractivity contribution in [1.29, 1.82) is 5.26 Å². The van der Waals surface area contributed by atoms with Crippen molar-refractivity contribution in [3.63, 3.8) is 0 Å². The molecule has 0 unspecified atom stereocenters. The largest absolute Gasteiger partial charge is 0.507 e. The molecular weight excluding hydrogens is 388 g/mol. The standard InChI is InChI=1S/C21H18N4O5/c22-9-15(20-23-16-5-1-2-6-17(16)24-20)18(26)12-30-21(28)13-8-19(27)25(10-13)11-14-4-3-7-29-14/h1-7,13,26H,8,10-12H2,(H,23,24)/b18-15-/t13-/m1/s1. The molecule has 3 heterocycles. The quantitative estimate of drug-likeness (QED) is 0.365. The van der Waals surface area contributed by atoms with Crippen LogP contribution in [0.1, 0.15) is 18.0 Å². The molecule has 2 N–H and O–H groups in total. The third-order valence-corrected chi connectivity index (χ3v) is 4.85. The van der Waals surface area contributed by atoms with Crippen molar-refractivity contribution < 1.29 is 23.8 Å². The number of rotatable bonds is 6. The Morgan fingerprint density at radius 1 is 1.37 bits per heavy atom. The zero-order chi connectivity index (χ0) is 21.1. The summed E-state index contributed by atoms with van der Waals surface area (Å²) in [5, 5.41) is 19.7. The van der Waals surface area contributed by atoms with Gasteiger partial charge < -0.3 is 24.1 Å². The lowest BCUT2D eigenvalue weighted by Gasteiger charge is -2.14. The van der Waals surface area contributed by atoms with Gasteiger partial charge >= 0.3 is 5.97 Å². The normalized spacial score (nSPS) is 17.1. The maximum Gasteiger partial charge on any atom is 0.311 e. The first-order valence-electron chi connectivity index (χ1n) is 9.29. The van der Waals surface area contributed by atoms with Crippen molar-refractivity contribution >= 4 is 28.5 Å². The molecule has 1 aliphatic rings. The SMILES string of the molecule is N#C/C(=C(/O)COC(=O)[C@@H]1CC(=O)N(Cc2ccco2)C1)c1nc2ccccc2[nH]1. The Labute approximate surface area is 171 Å². The summed E-state index contributed by atoms with van der Waals surface area (Å²) in [4.78, 5) is 33.2. The van der Waals surface area contributed by atoms with Gasteiger partial charge in [-0.2, -0.15) is 5.26 Å². The fraction of sp³-hybridized carbons (Fsp3) is 0.238. The summed E-state index contributed by atoms with van der Waals surface area (Å²) in [5.74, 6) is -1.03. The Kier molecular flexibility index (Phi) is 5.22. The lowest BCUT2D eigenvalue weighted by atomic mass is 10.1. The number of nitrogens with one attached hydrogen (secondary N) is 1. The van der Waals surface area contributed by atoms with Gasteiger partial charge in [-0.05, 0) is 24.3 Å². The van der Waals surface area contributed by atoms with Gasteiger partial charge in [0.25, 0.3) is 0 Å². The number of aliphatic hydroxyl groups excluding tert-OH is 1. The number of carbonyl (C=O) groups excluding carboxylic acids is 2. The maximum atomic E-state index is 12.4. The second-order valence-electron chi connectivity index (χ2n) is 6.90. The van der Waals surface area contributed by atoms with Crippen molar-refractivity contribution in [1.82, 2.24) is 14.9 Å². The predicted octanol–water partition coefficient (Wildman–Crippen LogP) is 2.54. The van der Waals surface area contributed by atoms with Gasteiger partial charge in [-0.3, -0.25) is 9.59 Å². The fourth-order valence-electron chi connectivity index (χ4n) is 3.33. The number of hydrogen-bond acceptors (Lipinski definition) is 7. The van der Waals surface area contributed by atoms with Gasteiger partial charge in [0, 0.05) is 13.0 Å². The number of likely N-dealkylation sites (tertiary alicyclic amines) is 1. The first-order valence-corrected chi connectivity index (χ1v) is 9.29. The van der Waals surface area contributed by atoms with E-state index in [4.69, 9.17) is 9.15 Å². The molecule has 0 aliphatic carbocycles. The molecule has 0 saturated carbocycles. The molecule has 152 valence electrons. The van der Waals surface area contributed by atoms with Crippen molar-refractivity contribution in [2.75, 3.05) is 13.2 Å². The number of aliphatic hydroxyl groups is 1. The molecule has 1 atom stereocenters. The fourth-order valence-corrected chi connectivity index (χ4v) is 3.33. The lowest BCUT2D eigenvalue weighted by Crippen LogP contribution is -2.26. The summed E-state index contributed by atoms with van der Waals surface area (Å²) in [5.41, 5.74) is 1.25. The van der Waals surface area contributed by atoms with E-state index in [2.05, 4.69) is 9.97 Å². The molecule has 2 aromatic heterocycles. The number of carbonyl (C=O) groups is 2. The number of aromatic amines is 1. The molecule has 30 heavy (non-hydrogen) atoms. The summed E-state index contributed by atoms with van der Waals surface area (Å²) in [7, 11) is 0. The van der Waals surface area contributed by atoms with Gasteiger partial charge in [0.05, 0.1) is 29.8 Å². The van der Waals surface area contributed by atoms with Gasteiger partial charge in [0.15, 0.2) is 11.6 Å². The Balaban J connectivity index is 1.40. The van der Waals surface area contributed by atoms with Crippen LogP contribution in [0.15, 0.2) is 52.8 Å². The van der Waals surface area contributed by atoms with Crippen LogP contribution >= 0.6 is 0 Å². The number of benzene rings is 1. The molecule has 0 bridgehead atoms. The Morgan fingerprint density at radius 2 is 2.20 bits per heavy atom. The molecule has 1 fully saturated rings. The van der Waals surface area contributed by atoms with Gasteiger partial charge in [-0.15, -0.1) is 0 Å². The number of H-pyrrole nitrogens is 1. The van der Waals surface area contributed by atoms with Crippen LogP contribution in [0.25, 0.3) is 16.6 Å². The van der Waals surface area contributed by atoms with Gasteiger partial charge in [-0.25, -0.2) is 4.98 Å². The Morgan fingerprint density at radius 3 is 2.93 bits per heavy atom. The molecule has 1 aliphatic heterocycles. The molecule has 0 spiro atoms. The minimum absolute atomic E-state index is 0.0265. The first-order chi connectivity index (χ1) is 14.5. The summed E-state index contributed by atoms with van der Waals surface area (Å²) in [6.45, 7) is 0.00453. The van der Waals surface area contributed by atoms with E-state index in [9.17, 15) is 20.0 Å². The zero-order valence-corrected chi connectivity index (χ0v) is 15.9. The molecular formula is C21H18N4O5. The number of esters is 1. The smallest absolute Gasteiger partial charge is 0.311 e. The minimum Gasteiger partial charge on any atom is -0.507 e.